The van der Waals surface area contributed by atoms with Crippen LogP contribution in [0.15, 0.2) is 24.3 Å². The van der Waals surface area contributed by atoms with E-state index in [-0.39, 0.29) is 5.41 Å². The smallest absolute Gasteiger partial charge is 0.0793 e. The quantitative estimate of drug-likeness (QED) is 0.616. The number of aliphatic hydroxyl groups is 1. The molecule has 1 unspecified atom stereocenters. The Morgan fingerprint density at radius 1 is 1.29 bits per heavy atom. The van der Waals surface area contributed by atoms with E-state index in [1.54, 1.807) is 0 Å². The summed E-state index contributed by atoms with van der Waals surface area (Å²) in [6.45, 7) is 6.50. The molecule has 1 atom stereocenters. The van der Waals surface area contributed by atoms with Crippen molar-refractivity contribution in [2.45, 2.75) is 51.6 Å². The zero-order valence-corrected chi connectivity index (χ0v) is 11.0. The molecule has 1 rings (SSSR count). The van der Waals surface area contributed by atoms with E-state index < -0.39 is 6.10 Å². The van der Waals surface area contributed by atoms with Gasteiger partial charge in [-0.1, -0.05) is 45.0 Å². The van der Waals surface area contributed by atoms with Crippen molar-refractivity contribution in [3.8, 4) is 12.3 Å². The third-order valence-corrected chi connectivity index (χ3v) is 2.93. The summed E-state index contributed by atoms with van der Waals surface area (Å²) in [6.07, 6.45) is 7.15. The van der Waals surface area contributed by atoms with Crippen LogP contribution in [-0.4, -0.2) is 5.11 Å². The van der Waals surface area contributed by atoms with Gasteiger partial charge in [-0.05, 0) is 29.4 Å². The molecule has 0 aliphatic heterocycles. The summed E-state index contributed by atoms with van der Waals surface area (Å²) < 4.78 is 0. The van der Waals surface area contributed by atoms with Crippen LogP contribution in [0.1, 0.15) is 57.3 Å². The molecule has 1 N–H and O–H groups in total. The summed E-state index contributed by atoms with van der Waals surface area (Å²) in [5, 5.41) is 10.2. The fraction of sp³-hybridized carbons (Fsp3) is 0.500. The molecule has 0 fully saturated rings. The van der Waals surface area contributed by atoms with E-state index in [1.165, 1.54) is 5.56 Å². The molecule has 0 saturated carbocycles. The van der Waals surface area contributed by atoms with Gasteiger partial charge >= 0.3 is 0 Å². The van der Waals surface area contributed by atoms with Crippen molar-refractivity contribution in [1.82, 2.24) is 0 Å². The second-order valence-electron chi connectivity index (χ2n) is 5.45. The van der Waals surface area contributed by atoms with Gasteiger partial charge in [0.25, 0.3) is 0 Å². The monoisotopic (exact) mass is 230 g/mol. The predicted octanol–water partition coefficient (Wildman–Crippen LogP) is 3.82. The van der Waals surface area contributed by atoms with Gasteiger partial charge in [0.05, 0.1) is 6.10 Å². The Morgan fingerprint density at radius 2 is 1.94 bits per heavy atom. The molecule has 0 aromatic heterocycles. The van der Waals surface area contributed by atoms with E-state index in [9.17, 15) is 5.11 Å². The van der Waals surface area contributed by atoms with Crippen LogP contribution in [0.3, 0.4) is 0 Å². The average molecular weight is 230 g/mol. The zero-order valence-electron chi connectivity index (χ0n) is 11.0. The highest BCUT2D eigenvalue weighted by molar-refractivity contribution is 5.34. The van der Waals surface area contributed by atoms with Crippen molar-refractivity contribution < 1.29 is 5.11 Å². The third-order valence-electron chi connectivity index (χ3n) is 2.93. The van der Waals surface area contributed by atoms with Crippen LogP contribution in [0.4, 0.5) is 0 Å². The fourth-order valence-electron chi connectivity index (χ4n) is 2.02. The molecule has 0 amide bonds. The molecule has 1 aromatic carbocycles. The molecule has 0 radical (unpaired) electrons. The SMILES string of the molecule is C#CCCCC(O)c1ccccc1C(C)(C)C. The lowest BCUT2D eigenvalue weighted by Gasteiger charge is -2.25. The molecule has 92 valence electrons. The minimum absolute atomic E-state index is 0.0592. The first-order chi connectivity index (χ1) is 7.96. The molecule has 0 spiro atoms. The molecule has 0 heterocycles. The van der Waals surface area contributed by atoms with Gasteiger partial charge in [-0.25, -0.2) is 0 Å². The van der Waals surface area contributed by atoms with Crippen LogP contribution in [0, 0.1) is 12.3 Å². The Hall–Kier alpha value is -1.26. The molecule has 0 aliphatic carbocycles. The Kier molecular flexibility index (Phi) is 4.78. The van der Waals surface area contributed by atoms with E-state index in [2.05, 4.69) is 32.8 Å². The highest BCUT2D eigenvalue weighted by Crippen LogP contribution is 2.31. The van der Waals surface area contributed by atoms with Gasteiger partial charge in [0, 0.05) is 6.42 Å². The molecule has 1 nitrogen and oxygen atoms in total. The molecule has 1 aromatic rings. The van der Waals surface area contributed by atoms with Crippen LogP contribution in [0.2, 0.25) is 0 Å². The molecule has 0 aliphatic rings. The van der Waals surface area contributed by atoms with Crippen LogP contribution in [-0.2, 0) is 5.41 Å². The number of hydrogen-bond acceptors (Lipinski definition) is 1. The predicted molar refractivity (Wildman–Crippen MR) is 72.8 cm³/mol. The van der Waals surface area contributed by atoms with Crippen LogP contribution in [0.5, 0.6) is 0 Å². The van der Waals surface area contributed by atoms with Crippen LogP contribution in [0.25, 0.3) is 0 Å². The summed E-state index contributed by atoms with van der Waals surface area (Å²) in [4.78, 5) is 0. The summed E-state index contributed by atoms with van der Waals surface area (Å²) in [5.74, 6) is 2.61. The minimum atomic E-state index is -0.404. The van der Waals surface area contributed by atoms with Crippen LogP contribution < -0.4 is 0 Å². The van der Waals surface area contributed by atoms with Crippen molar-refractivity contribution >= 4 is 0 Å². The lowest BCUT2D eigenvalue weighted by Crippen LogP contribution is -2.16. The second kappa shape index (κ2) is 5.89. The van der Waals surface area contributed by atoms with Gasteiger partial charge in [-0.15, -0.1) is 12.3 Å². The minimum Gasteiger partial charge on any atom is -0.388 e. The van der Waals surface area contributed by atoms with Crippen molar-refractivity contribution in [3.63, 3.8) is 0 Å². The van der Waals surface area contributed by atoms with Gasteiger partial charge in [0.2, 0.25) is 0 Å². The van der Waals surface area contributed by atoms with Crippen molar-refractivity contribution in [2.24, 2.45) is 0 Å². The van der Waals surface area contributed by atoms with Gasteiger partial charge in [0.1, 0.15) is 0 Å². The third kappa shape index (κ3) is 3.91. The van der Waals surface area contributed by atoms with E-state index in [4.69, 9.17) is 6.42 Å². The first kappa shape index (κ1) is 13.8. The Balaban J connectivity index is 2.86. The summed E-state index contributed by atoms with van der Waals surface area (Å²) in [6, 6.07) is 8.12. The zero-order chi connectivity index (χ0) is 12.9. The number of unbranched alkanes of at least 4 members (excludes halogenated alkanes) is 1. The van der Waals surface area contributed by atoms with E-state index >= 15 is 0 Å². The van der Waals surface area contributed by atoms with Crippen molar-refractivity contribution in [3.05, 3.63) is 35.4 Å². The van der Waals surface area contributed by atoms with E-state index in [0.717, 1.165) is 24.8 Å². The highest BCUT2D eigenvalue weighted by Gasteiger charge is 2.20. The number of rotatable bonds is 4. The van der Waals surface area contributed by atoms with Crippen molar-refractivity contribution in [2.75, 3.05) is 0 Å². The maximum atomic E-state index is 10.2. The lowest BCUT2D eigenvalue weighted by atomic mass is 9.82. The normalized spacial score (nSPS) is 13.1. The Bertz CT molecular complexity index is 393. The second-order valence-corrected chi connectivity index (χ2v) is 5.45. The van der Waals surface area contributed by atoms with Gasteiger partial charge in [0.15, 0.2) is 0 Å². The highest BCUT2D eigenvalue weighted by atomic mass is 16.3. The topological polar surface area (TPSA) is 20.2 Å². The number of benzene rings is 1. The average Bonchev–Trinajstić information content (AvgIpc) is 2.28. The lowest BCUT2D eigenvalue weighted by molar-refractivity contribution is 0.163. The maximum Gasteiger partial charge on any atom is 0.0793 e. The number of hydrogen-bond donors (Lipinski definition) is 1. The summed E-state index contributed by atoms with van der Waals surface area (Å²) >= 11 is 0. The molecular weight excluding hydrogens is 208 g/mol. The maximum absolute atomic E-state index is 10.2. The van der Waals surface area contributed by atoms with Gasteiger partial charge in [-0.3, -0.25) is 0 Å². The fourth-order valence-corrected chi connectivity index (χ4v) is 2.02. The summed E-state index contributed by atoms with van der Waals surface area (Å²) in [5.41, 5.74) is 2.31. The van der Waals surface area contributed by atoms with E-state index in [0.29, 0.717) is 0 Å². The molecular formula is C16H22O. The molecule has 1 heteroatoms. The first-order valence-electron chi connectivity index (χ1n) is 6.17. The van der Waals surface area contributed by atoms with Gasteiger partial charge in [-0.2, -0.15) is 0 Å². The van der Waals surface area contributed by atoms with Crippen LogP contribution >= 0.6 is 0 Å². The van der Waals surface area contributed by atoms with E-state index in [1.807, 2.05) is 18.2 Å². The number of terminal acetylenes is 1. The number of aliphatic hydroxyl groups excluding tert-OH is 1. The standard InChI is InChI=1S/C16H22O/c1-5-6-7-12-15(17)13-10-8-9-11-14(13)16(2,3)4/h1,8-11,15,17H,6-7,12H2,2-4H3. The molecule has 0 bridgehead atoms. The largest absolute Gasteiger partial charge is 0.388 e. The van der Waals surface area contributed by atoms with Crippen molar-refractivity contribution in [1.29, 1.82) is 0 Å². The molecule has 0 saturated heterocycles. The Labute approximate surface area is 105 Å². The Morgan fingerprint density at radius 3 is 2.53 bits per heavy atom. The first-order valence-corrected chi connectivity index (χ1v) is 6.17. The molecule has 17 heavy (non-hydrogen) atoms. The summed E-state index contributed by atoms with van der Waals surface area (Å²) in [7, 11) is 0. The van der Waals surface area contributed by atoms with Gasteiger partial charge < -0.3 is 5.11 Å².